The van der Waals surface area contributed by atoms with E-state index >= 15 is 0 Å². The fourth-order valence-corrected chi connectivity index (χ4v) is 4.51. The van der Waals surface area contributed by atoms with E-state index in [2.05, 4.69) is 5.32 Å². The van der Waals surface area contributed by atoms with E-state index in [0.29, 0.717) is 33.6 Å². The summed E-state index contributed by atoms with van der Waals surface area (Å²) < 4.78 is 4.98. The van der Waals surface area contributed by atoms with E-state index < -0.39 is 12.0 Å². The summed E-state index contributed by atoms with van der Waals surface area (Å²) >= 11 is 11.9. The summed E-state index contributed by atoms with van der Waals surface area (Å²) in [6, 6.07) is 22.1. The molecule has 2 amide bonds. The lowest BCUT2D eigenvalue weighted by atomic mass is 10.1. The third kappa shape index (κ3) is 5.72. The molecule has 1 fully saturated rings. The second-order valence-electron chi connectivity index (χ2n) is 8.12. The number of esters is 1. The van der Waals surface area contributed by atoms with Crippen LogP contribution in [0.3, 0.4) is 0 Å². The predicted octanol–water partition coefficient (Wildman–Crippen LogP) is 5.05. The summed E-state index contributed by atoms with van der Waals surface area (Å²) in [7, 11) is 0. The molecule has 4 rings (SSSR count). The minimum absolute atomic E-state index is 0.109. The minimum atomic E-state index is -0.796. The Morgan fingerprint density at radius 2 is 1.75 bits per heavy atom. The number of benzene rings is 3. The van der Waals surface area contributed by atoms with Gasteiger partial charge in [0.1, 0.15) is 6.04 Å². The van der Waals surface area contributed by atoms with Gasteiger partial charge in [-0.3, -0.25) is 14.5 Å². The Balaban J connectivity index is 1.54. The van der Waals surface area contributed by atoms with Crippen LogP contribution in [0.4, 0.5) is 11.4 Å². The topological polar surface area (TPSA) is 78.9 Å². The van der Waals surface area contributed by atoms with Crippen LogP contribution in [-0.4, -0.2) is 40.4 Å². The number of carbonyl (C=O) groups excluding carboxylic acids is 3. The third-order valence-electron chi connectivity index (χ3n) is 5.64. The standard InChI is InChI=1S/C27H24ClN3O4S/c1-2-35-26(34)19-11-13-21(14-12-19)29-24(32)16-23-25(33)31(22-10-6-9-20(28)15-22)27(36)30(23)17-18-7-4-3-5-8-18/h3-15,23H,2,16-17H2,1H3,(H,29,32). The summed E-state index contributed by atoms with van der Waals surface area (Å²) in [6.07, 6.45) is -0.109. The van der Waals surface area contributed by atoms with E-state index in [9.17, 15) is 14.4 Å². The van der Waals surface area contributed by atoms with Crippen molar-refractivity contribution in [2.24, 2.45) is 0 Å². The van der Waals surface area contributed by atoms with E-state index in [1.165, 1.54) is 4.90 Å². The molecule has 3 aromatic carbocycles. The van der Waals surface area contributed by atoms with E-state index in [1.807, 2.05) is 30.3 Å². The van der Waals surface area contributed by atoms with Crippen molar-refractivity contribution in [1.82, 2.24) is 4.90 Å². The van der Waals surface area contributed by atoms with Crippen molar-refractivity contribution < 1.29 is 19.1 Å². The molecule has 0 aromatic heterocycles. The van der Waals surface area contributed by atoms with Crippen molar-refractivity contribution in [3.8, 4) is 0 Å². The average molecular weight is 522 g/mol. The van der Waals surface area contributed by atoms with Gasteiger partial charge in [-0.1, -0.05) is 48.0 Å². The number of rotatable bonds is 8. The van der Waals surface area contributed by atoms with Crippen molar-refractivity contribution in [3.05, 3.63) is 95.0 Å². The van der Waals surface area contributed by atoms with Gasteiger partial charge in [-0.15, -0.1) is 0 Å². The first-order chi connectivity index (χ1) is 17.4. The zero-order valence-corrected chi connectivity index (χ0v) is 21.1. The Bertz CT molecular complexity index is 1280. The van der Waals surface area contributed by atoms with Crippen LogP contribution < -0.4 is 10.2 Å². The fraction of sp³-hybridized carbons (Fsp3) is 0.185. The number of thiocarbonyl (C=S) groups is 1. The van der Waals surface area contributed by atoms with Gasteiger partial charge in [0.05, 0.1) is 24.3 Å². The molecule has 0 bridgehead atoms. The fourth-order valence-electron chi connectivity index (χ4n) is 3.94. The first kappa shape index (κ1) is 25.3. The highest BCUT2D eigenvalue weighted by Crippen LogP contribution is 2.30. The maximum Gasteiger partial charge on any atom is 0.338 e. The molecule has 1 aliphatic heterocycles. The van der Waals surface area contributed by atoms with Gasteiger partial charge in [-0.25, -0.2) is 4.79 Å². The van der Waals surface area contributed by atoms with Crippen molar-refractivity contribution in [2.45, 2.75) is 25.9 Å². The van der Waals surface area contributed by atoms with Gasteiger partial charge < -0.3 is 15.0 Å². The number of halogens is 1. The summed E-state index contributed by atoms with van der Waals surface area (Å²) in [5.74, 6) is -1.09. The molecule has 0 aliphatic carbocycles. The lowest BCUT2D eigenvalue weighted by Crippen LogP contribution is -2.37. The number of ether oxygens (including phenoxy) is 1. The summed E-state index contributed by atoms with van der Waals surface area (Å²) in [5, 5.41) is 3.58. The molecule has 9 heteroatoms. The van der Waals surface area contributed by atoms with Crippen molar-refractivity contribution in [2.75, 3.05) is 16.8 Å². The van der Waals surface area contributed by atoms with Gasteiger partial charge in [-0.05, 0) is 67.2 Å². The summed E-state index contributed by atoms with van der Waals surface area (Å²) in [6.45, 7) is 2.38. The average Bonchev–Trinajstić information content (AvgIpc) is 3.09. The van der Waals surface area contributed by atoms with Gasteiger partial charge >= 0.3 is 5.97 Å². The predicted molar refractivity (Wildman–Crippen MR) is 143 cm³/mol. The highest BCUT2D eigenvalue weighted by Gasteiger charge is 2.44. The number of hydrogen-bond donors (Lipinski definition) is 1. The van der Waals surface area contributed by atoms with E-state index in [0.717, 1.165) is 5.56 Å². The molecular weight excluding hydrogens is 498 g/mol. The number of anilines is 2. The van der Waals surface area contributed by atoms with E-state index in [1.54, 1.807) is 60.4 Å². The van der Waals surface area contributed by atoms with Crippen LogP contribution in [0.1, 0.15) is 29.3 Å². The highest BCUT2D eigenvalue weighted by atomic mass is 35.5. The molecule has 1 unspecified atom stereocenters. The molecule has 0 spiro atoms. The van der Waals surface area contributed by atoms with Crippen molar-refractivity contribution in [3.63, 3.8) is 0 Å². The van der Waals surface area contributed by atoms with Crippen LogP contribution in [0.2, 0.25) is 5.02 Å². The zero-order valence-electron chi connectivity index (χ0n) is 19.5. The smallest absolute Gasteiger partial charge is 0.338 e. The van der Waals surface area contributed by atoms with Crippen LogP contribution in [-0.2, 0) is 20.9 Å². The molecule has 1 N–H and O–H groups in total. The summed E-state index contributed by atoms with van der Waals surface area (Å²) in [5.41, 5.74) is 2.40. The number of nitrogens with one attached hydrogen (secondary N) is 1. The third-order valence-corrected chi connectivity index (χ3v) is 6.29. The van der Waals surface area contributed by atoms with E-state index in [4.69, 9.17) is 28.6 Å². The molecule has 1 heterocycles. The molecule has 1 atom stereocenters. The first-order valence-corrected chi connectivity index (χ1v) is 12.2. The Morgan fingerprint density at radius 3 is 2.42 bits per heavy atom. The molecule has 7 nitrogen and oxygen atoms in total. The van der Waals surface area contributed by atoms with Crippen LogP contribution in [0, 0.1) is 0 Å². The largest absolute Gasteiger partial charge is 0.462 e. The van der Waals surface area contributed by atoms with Gasteiger partial charge in [0.15, 0.2) is 5.11 Å². The van der Waals surface area contributed by atoms with Gasteiger partial charge in [0, 0.05) is 17.3 Å². The minimum Gasteiger partial charge on any atom is -0.462 e. The highest BCUT2D eigenvalue weighted by molar-refractivity contribution is 7.80. The maximum absolute atomic E-state index is 13.5. The molecule has 184 valence electrons. The van der Waals surface area contributed by atoms with Crippen LogP contribution >= 0.6 is 23.8 Å². The SMILES string of the molecule is CCOC(=O)c1ccc(NC(=O)CC2C(=O)N(c3cccc(Cl)c3)C(=S)N2Cc2ccccc2)cc1. The molecule has 0 radical (unpaired) electrons. The van der Waals surface area contributed by atoms with Gasteiger partial charge in [0.2, 0.25) is 5.91 Å². The molecule has 0 saturated carbocycles. The number of nitrogens with zero attached hydrogens (tertiary/aromatic N) is 2. The number of carbonyl (C=O) groups is 3. The number of hydrogen-bond acceptors (Lipinski definition) is 5. The first-order valence-electron chi connectivity index (χ1n) is 11.4. The monoisotopic (exact) mass is 521 g/mol. The lowest BCUT2D eigenvalue weighted by molar-refractivity contribution is -0.124. The molecule has 1 aliphatic rings. The molecule has 3 aromatic rings. The Kier molecular flexibility index (Phi) is 7.97. The maximum atomic E-state index is 13.5. The molecule has 36 heavy (non-hydrogen) atoms. The van der Waals surface area contributed by atoms with Crippen molar-refractivity contribution in [1.29, 1.82) is 0 Å². The zero-order chi connectivity index (χ0) is 25.7. The van der Waals surface area contributed by atoms with Crippen LogP contribution in [0.25, 0.3) is 0 Å². The Hall–Kier alpha value is -3.75. The lowest BCUT2D eigenvalue weighted by Gasteiger charge is -2.24. The summed E-state index contributed by atoms with van der Waals surface area (Å²) in [4.78, 5) is 41.5. The van der Waals surface area contributed by atoms with Gasteiger partial charge in [0.25, 0.3) is 5.91 Å². The van der Waals surface area contributed by atoms with Crippen LogP contribution in [0.5, 0.6) is 0 Å². The van der Waals surface area contributed by atoms with E-state index in [-0.39, 0.29) is 24.8 Å². The molecule has 1 saturated heterocycles. The quantitative estimate of drug-likeness (QED) is 0.330. The second-order valence-corrected chi connectivity index (χ2v) is 8.92. The number of amides is 2. The molecular formula is C27H24ClN3O4S. The van der Waals surface area contributed by atoms with Crippen molar-refractivity contribution >= 4 is 58.1 Å². The Labute approximate surface area is 219 Å². The second kappa shape index (κ2) is 11.3. The Morgan fingerprint density at radius 1 is 1.03 bits per heavy atom. The normalized spacial score (nSPS) is 15.2. The van der Waals surface area contributed by atoms with Crippen LogP contribution in [0.15, 0.2) is 78.9 Å². The van der Waals surface area contributed by atoms with Gasteiger partial charge in [-0.2, -0.15) is 0 Å².